The lowest BCUT2D eigenvalue weighted by Crippen LogP contribution is -2.49. The maximum absolute atomic E-state index is 12.7. The summed E-state index contributed by atoms with van der Waals surface area (Å²) in [5, 5.41) is 4.02. The summed E-state index contributed by atoms with van der Waals surface area (Å²) in [6.45, 7) is 5.96. The van der Waals surface area contributed by atoms with E-state index in [4.69, 9.17) is 9.26 Å². The highest BCUT2D eigenvalue weighted by Gasteiger charge is 2.48. The van der Waals surface area contributed by atoms with Crippen molar-refractivity contribution in [3.63, 3.8) is 0 Å². The molecule has 1 saturated carbocycles. The molecule has 3 fully saturated rings. The van der Waals surface area contributed by atoms with E-state index in [0.717, 1.165) is 31.4 Å². The molecule has 1 aromatic heterocycles. The third-order valence-electron chi connectivity index (χ3n) is 5.93. The van der Waals surface area contributed by atoms with Gasteiger partial charge in [0.2, 0.25) is 5.76 Å². The van der Waals surface area contributed by atoms with Gasteiger partial charge in [-0.25, -0.2) is 4.79 Å². The summed E-state index contributed by atoms with van der Waals surface area (Å²) in [5.74, 6) is 0.683. The molecule has 1 aromatic rings. The van der Waals surface area contributed by atoms with Gasteiger partial charge in [-0.3, -0.25) is 4.79 Å². The SMILES string of the molecule is CCCC(C)N1CC2(CCN(C(=O)c3cc(C4CC4)no3)CC2)OC1=O. The van der Waals surface area contributed by atoms with E-state index in [9.17, 15) is 9.59 Å². The van der Waals surface area contributed by atoms with E-state index in [1.807, 2.05) is 4.90 Å². The number of carbonyl (C=O) groups is 2. The van der Waals surface area contributed by atoms with E-state index in [2.05, 4.69) is 19.0 Å². The van der Waals surface area contributed by atoms with E-state index in [-0.39, 0.29) is 18.0 Å². The fraction of sp³-hybridized carbons (Fsp3) is 0.737. The van der Waals surface area contributed by atoms with Crippen molar-refractivity contribution in [3.05, 3.63) is 17.5 Å². The minimum Gasteiger partial charge on any atom is -0.441 e. The van der Waals surface area contributed by atoms with Crippen LogP contribution >= 0.6 is 0 Å². The fourth-order valence-electron chi connectivity index (χ4n) is 4.06. The molecule has 2 aliphatic heterocycles. The average Bonchev–Trinajstić information content (AvgIpc) is 3.27. The highest BCUT2D eigenvalue weighted by Crippen LogP contribution is 2.40. The van der Waals surface area contributed by atoms with Crippen molar-refractivity contribution in [1.29, 1.82) is 0 Å². The van der Waals surface area contributed by atoms with Crippen molar-refractivity contribution in [2.45, 2.75) is 69.9 Å². The lowest BCUT2D eigenvalue weighted by molar-refractivity contribution is 0.00198. The van der Waals surface area contributed by atoms with Crippen molar-refractivity contribution in [1.82, 2.24) is 15.0 Å². The Labute approximate surface area is 153 Å². The van der Waals surface area contributed by atoms with Crippen molar-refractivity contribution < 1.29 is 18.8 Å². The molecule has 2 saturated heterocycles. The summed E-state index contributed by atoms with van der Waals surface area (Å²) < 4.78 is 11.0. The molecular formula is C19H27N3O4. The first-order valence-electron chi connectivity index (χ1n) is 9.77. The minimum absolute atomic E-state index is 0.111. The van der Waals surface area contributed by atoms with Crippen LogP contribution in [0.15, 0.2) is 10.6 Å². The third-order valence-corrected chi connectivity index (χ3v) is 5.93. The predicted octanol–water partition coefficient (Wildman–Crippen LogP) is 3.17. The lowest BCUT2D eigenvalue weighted by Gasteiger charge is -2.37. The molecule has 0 N–H and O–H groups in total. The number of aromatic nitrogens is 1. The molecule has 1 aliphatic carbocycles. The molecule has 142 valence electrons. The van der Waals surface area contributed by atoms with E-state index in [1.165, 1.54) is 0 Å². The zero-order valence-corrected chi connectivity index (χ0v) is 15.6. The highest BCUT2D eigenvalue weighted by atomic mass is 16.6. The Hall–Kier alpha value is -2.05. The second-order valence-electron chi connectivity index (χ2n) is 8.00. The van der Waals surface area contributed by atoms with E-state index in [0.29, 0.717) is 44.2 Å². The summed E-state index contributed by atoms with van der Waals surface area (Å²) in [6.07, 6.45) is 5.41. The molecule has 7 nitrogen and oxygen atoms in total. The van der Waals surface area contributed by atoms with Gasteiger partial charge in [0, 0.05) is 44.0 Å². The molecule has 7 heteroatoms. The second kappa shape index (κ2) is 6.59. The van der Waals surface area contributed by atoms with Crippen LogP contribution in [0.5, 0.6) is 0 Å². The van der Waals surface area contributed by atoms with Gasteiger partial charge in [0.25, 0.3) is 5.91 Å². The second-order valence-corrected chi connectivity index (χ2v) is 8.00. The van der Waals surface area contributed by atoms with Crippen LogP contribution in [0, 0.1) is 0 Å². The Kier molecular flexibility index (Phi) is 4.40. The first-order chi connectivity index (χ1) is 12.5. The molecule has 4 rings (SSSR count). The zero-order chi connectivity index (χ0) is 18.3. The molecule has 3 heterocycles. The average molecular weight is 361 g/mol. The number of rotatable bonds is 5. The molecule has 0 bridgehead atoms. The summed E-state index contributed by atoms with van der Waals surface area (Å²) in [6, 6.07) is 1.98. The lowest BCUT2D eigenvalue weighted by atomic mass is 9.91. The molecule has 1 spiro atoms. The van der Waals surface area contributed by atoms with Crippen molar-refractivity contribution in [2.75, 3.05) is 19.6 Å². The molecule has 3 aliphatic rings. The van der Waals surface area contributed by atoms with Gasteiger partial charge in [0.05, 0.1) is 12.2 Å². The van der Waals surface area contributed by atoms with Crippen LogP contribution in [0.25, 0.3) is 0 Å². The Morgan fingerprint density at radius 1 is 1.38 bits per heavy atom. The molecule has 0 radical (unpaired) electrons. The van der Waals surface area contributed by atoms with Crippen LogP contribution in [-0.2, 0) is 4.74 Å². The maximum Gasteiger partial charge on any atom is 0.410 e. The van der Waals surface area contributed by atoms with E-state index < -0.39 is 5.60 Å². The van der Waals surface area contributed by atoms with Crippen molar-refractivity contribution in [3.8, 4) is 0 Å². The van der Waals surface area contributed by atoms with Gasteiger partial charge in [-0.2, -0.15) is 0 Å². The number of nitrogens with zero attached hydrogens (tertiary/aromatic N) is 3. The molecule has 0 aromatic carbocycles. The topological polar surface area (TPSA) is 75.9 Å². The highest BCUT2D eigenvalue weighted by molar-refractivity contribution is 5.91. The maximum atomic E-state index is 12.7. The van der Waals surface area contributed by atoms with Crippen LogP contribution in [0.2, 0.25) is 0 Å². The smallest absolute Gasteiger partial charge is 0.410 e. The Morgan fingerprint density at radius 3 is 2.77 bits per heavy atom. The number of piperidine rings is 1. The number of likely N-dealkylation sites (tertiary alicyclic amines) is 1. The quantitative estimate of drug-likeness (QED) is 0.805. The summed E-state index contributed by atoms with van der Waals surface area (Å²) in [7, 11) is 0. The van der Waals surface area contributed by atoms with Gasteiger partial charge in [-0.15, -0.1) is 0 Å². The minimum atomic E-state index is -0.448. The van der Waals surface area contributed by atoms with Gasteiger partial charge in [0.1, 0.15) is 5.60 Å². The number of hydrogen-bond donors (Lipinski definition) is 0. The van der Waals surface area contributed by atoms with Gasteiger partial charge < -0.3 is 19.1 Å². The summed E-state index contributed by atoms with van der Waals surface area (Å²) >= 11 is 0. The van der Waals surface area contributed by atoms with Crippen molar-refractivity contribution >= 4 is 12.0 Å². The molecule has 2 amide bonds. The standard InChI is InChI=1S/C19H27N3O4/c1-3-4-13(2)22-12-19(25-18(22)24)7-9-21(10-8-19)17(23)16-11-15(20-26-16)14-5-6-14/h11,13-14H,3-10,12H2,1-2H3. The monoisotopic (exact) mass is 361 g/mol. The molecule has 1 unspecified atom stereocenters. The van der Waals surface area contributed by atoms with Gasteiger partial charge >= 0.3 is 6.09 Å². The molecule has 26 heavy (non-hydrogen) atoms. The predicted molar refractivity (Wildman–Crippen MR) is 93.9 cm³/mol. The zero-order valence-electron chi connectivity index (χ0n) is 15.6. The van der Waals surface area contributed by atoms with Gasteiger partial charge in [-0.1, -0.05) is 18.5 Å². The number of carbonyl (C=O) groups excluding carboxylic acids is 2. The van der Waals surface area contributed by atoms with Crippen LogP contribution in [0.1, 0.15) is 74.5 Å². The molecular weight excluding hydrogens is 334 g/mol. The third kappa shape index (κ3) is 3.19. The Morgan fingerprint density at radius 2 is 2.12 bits per heavy atom. The largest absolute Gasteiger partial charge is 0.441 e. The number of hydrogen-bond acceptors (Lipinski definition) is 5. The first-order valence-corrected chi connectivity index (χ1v) is 9.77. The van der Waals surface area contributed by atoms with Crippen LogP contribution < -0.4 is 0 Å². The normalized spacial score (nSPS) is 23.4. The van der Waals surface area contributed by atoms with Gasteiger partial charge in [0.15, 0.2) is 0 Å². The Bertz CT molecular complexity index is 689. The summed E-state index contributed by atoms with van der Waals surface area (Å²) in [5.41, 5.74) is 0.448. The fourth-order valence-corrected chi connectivity index (χ4v) is 4.06. The Balaban J connectivity index is 1.36. The molecule has 1 atom stereocenters. The van der Waals surface area contributed by atoms with E-state index >= 15 is 0 Å². The summed E-state index contributed by atoms with van der Waals surface area (Å²) in [4.78, 5) is 28.6. The van der Waals surface area contributed by atoms with Crippen LogP contribution in [0.4, 0.5) is 4.79 Å². The van der Waals surface area contributed by atoms with Crippen molar-refractivity contribution in [2.24, 2.45) is 0 Å². The van der Waals surface area contributed by atoms with Crippen LogP contribution in [0.3, 0.4) is 0 Å². The van der Waals surface area contributed by atoms with Gasteiger partial charge in [-0.05, 0) is 26.2 Å². The number of ether oxygens (including phenoxy) is 1. The first kappa shape index (κ1) is 17.4. The van der Waals surface area contributed by atoms with Crippen LogP contribution in [-0.4, -0.2) is 58.2 Å². The number of amides is 2. The van der Waals surface area contributed by atoms with E-state index in [1.54, 1.807) is 11.0 Å².